The summed E-state index contributed by atoms with van der Waals surface area (Å²) >= 11 is 1.51. The number of carbonyl (C=O) groups excluding carboxylic acids is 1. The van der Waals surface area contributed by atoms with Crippen LogP contribution in [0.2, 0.25) is 0 Å². The quantitative estimate of drug-likeness (QED) is 0.583. The summed E-state index contributed by atoms with van der Waals surface area (Å²) in [6.07, 6.45) is 3.74. The number of fused-ring (bicyclic) bond motifs is 1. The Hall–Kier alpha value is -3.41. The van der Waals surface area contributed by atoms with Crippen molar-refractivity contribution in [3.8, 4) is 0 Å². The van der Waals surface area contributed by atoms with Gasteiger partial charge in [0.05, 0.1) is 12.6 Å². The van der Waals surface area contributed by atoms with Gasteiger partial charge in [0.25, 0.3) is 0 Å². The second kappa shape index (κ2) is 8.50. The summed E-state index contributed by atoms with van der Waals surface area (Å²) in [5, 5.41) is 17.7. The highest BCUT2D eigenvalue weighted by molar-refractivity contribution is 7.16. The third-order valence-corrected chi connectivity index (χ3v) is 6.18. The number of rotatable bonds is 6. The fourth-order valence-electron chi connectivity index (χ4n) is 3.54. The summed E-state index contributed by atoms with van der Waals surface area (Å²) < 4.78 is 36.9. The molecule has 3 N–H and O–H groups in total. The van der Waals surface area contributed by atoms with Crippen LogP contribution in [0.3, 0.4) is 0 Å². The number of hydrogen-bond donors (Lipinski definition) is 3. The van der Waals surface area contributed by atoms with Crippen LogP contribution < -0.4 is 16.0 Å². The van der Waals surface area contributed by atoms with Gasteiger partial charge in [-0.25, -0.2) is 4.79 Å². The Balaban J connectivity index is 1.24. The lowest BCUT2D eigenvalue weighted by molar-refractivity contribution is -0.122. The summed E-state index contributed by atoms with van der Waals surface area (Å²) in [7, 11) is 0. The van der Waals surface area contributed by atoms with E-state index in [4.69, 9.17) is 0 Å². The van der Waals surface area contributed by atoms with Crippen molar-refractivity contribution in [2.45, 2.75) is 31.1 Å². The lowest BCUT2D eigenvalue weighted by Crippen LogP contribution is -2.36. The zero-order valence-electron chi connectivity index (χ0n) is 17.3. The van der Waals surface area contributed by atoms with E-state index >= 15 is 0 Å². The molecule has 0 bridgehead atoms. The molecule has 1 fully saturated rings. The van der Waals surface area contributed by atoms with E-state index < -0.39 is 18.8 Å². The number of carbonyl (C=O) groups is 1. The zero-order valence-corrected chi connectivity index (χ0v) is 18.1. The largest absolute Gasteiger partial charge is 0.405 e. The molecule has 3 heterocycles. The number of aliphatic imine (C=N–C) groups is 1. The van der Waals surface area contributed by atoms with Crippen molar-refractivity contribution in [1.29, 1.82) is 0 Å². The maximum Gasteiger partial charge on any atom is 0.405 e. The third kappa shape index (κ3) is 5.16. The monoisotopic (exact) mass is 475 g/mol. The number of allylic oxidation sites excluding steroid dienone is 2. The minimum Gasteiger partial charge on any atom is -0.357 e. The Bertz CT molecular complexity index is 1150. The van der Waals surface area contributed by atoms with Gasteiger partial charge >= 0.3 is 12.2 Å². The number of amidine groups is 1. The Labute approximate surface area is 191 Å². The lowest BCUT2D eigenvalue weighted by Gasteiger charge is -2.26. The number of nitrogens with zero attached hydrogens (tertiary/aromatic N) is 4. The molecule has 1 aliphatic carbocycles. The van der Waals surface area contributed by atoms with E-state index in [9.17, 15) is 18.0 Å². The van der Waals surface area contributed by atoms with Crippen LogP contribution in [-0.4, -0.2) is 52.3 Å². The molecule has 5 rings (SSSR count). The maximum atomic E-state index is 12.3. The molecule has 3 aliphatic rings. The van der Waals surface area contributed by atoms with Crippen molar-refractivity contribution in [2.24, 2.45) is 4.99 Å². The molecule has 1 aromatic carbocycles. The van der Waals surface area contributed by atoms with Crippen LogP contribution in [-0.2, 0) is 0 Å². The van der Waals surface area contributed by atoms with E-state index in [0.717, 1.165) is 27.1 Å². The Morgan fingerprint density at radius 3 is 2.88 bits per heavy atom. The Morgan fingerprint density at radius 2 is 2.09 bits per heavy atom. The first-order valence-electron chi connectivity index (χ1n) is 10.4. The Kier molecular flexibility index (Phi) is 5.52. The van der Waals surface area contributed by atoms with Crippen LogP contribution in [0.1, 0.15) is 29.5 Å². The van der Waals surface area contributed by atoms with Gasteiger partial charge in [0, 0.05) is 23.5 Å². The molecule has 1 atom stereocenters. The fraction of sp³-hybridized carbons (Fsp3) is 0.333. The molecule has 1 saturated carbocycles. The molecular formula is C21H20F3N7OS. The number of halogens is 3. The topological polar surface area (TPSA) is 94.5 Å². The van der Waals surface area contributed by atoms with Crippen LogP contribution in [0, 0.1) is 0 Å². The van der Waals surface area contributed by atoms with E-state index in [0.29, 0.717) is 18.3 Å². The first kappa shape index (κ1) is 21.4. The van der Waals surface area contributed by atoms with Crippen LogP contribution in [0.5, 0.6) is 0 Å². The standard InChI is InChI=1S/C21H20F3N7OS/c22-21(23,24)11-26-19(32)27-15-3-1-2-12(8-15)16-10-25-17-9-13(6-7-31(16)17)18-29-30-20(33-18)28-14-4-5-14/h1-3,6-9,14,16H,4-5,10-11H2,(H,28,30)(H2,26,27,32). The number of anilines is 2. The molecule has 2 amide bonds. The number of urea groups is 1. The summed E-state index contributed by atoms with van der Waals surface area (Å²) in [6.45, 7) is -0.879. The number of nitrogens with one attached hydrogen (secondary N) is 3. The van der Waals surface area contributed by atoms with Crippen molar-refractivity contribution in [2.75, 3.05) is 23.7 Å². The normalized spacial score (nSPS) is 19.6. The molecular weight excluding hydrogens is 455 g/mol. The predicted octanol–water partition coefficient (Wildman–Crippen LogP) is 4.16. The van der Waals surface area contributed by atoms with Gasteiger partial charge in [0.1, 0.15) is 17.4 Å². The van der Waals surface area contributed by atoms with E-state index in [2.05, 4.69) is 25.8 Å². The molecule has 12 heteroatoms. The summed E-state index contributed by atoms with van der Waals surface area (Å²) in [4.78, 5) is 18.4. The molecule has 8 nitrogen and oxygen atoms in total. The number of alkyl halides is 3. The zero-order chi connectivity index (χ0) is 23.0. The molecule has 0 radical (unpaired) electrons. The number of amides is 2. The first-order valence-corrected chi connectivity index (χ1v) is 11.2. The van der Waals surface area contributed by atoms with Crippen LogP contribution in [0.25, 0.3) is 5.57 Å². The van der Waals surface area contributed by atoms with E-state index in [1.54, 1.807) is 23.5 Å². The van der Waals surface area contributed by atoms with Gasteiger partial charge in [-0.1, -0.05) is 23.5 Å². The maximum absolute atomic E-state index is 12.3. The molecule has 1 aromatic heterocycles. The van der Waals surface area contributed by atoms with E-state index in [1.165, 1.54) is 24.2 Å². The predicted molar refractivity (Wildman–Crippen MR) is 120 cm³/mol. The van der Waals surface area contributed by atoms with Crippen molar-refractivity contribution < 1.29 is 18.0 Å². The highest BCUT2D eigenvalue weighted by Crippen LogP contribution is 2.35. The minimum absolute atomic E-state index is 0.0875. The molecule has 172 valence electrons. The molecule has 0 spiro atoms. The number of aromatic nitrogens is 2. The van der Waals surface area contributed by atoms with Crippen LogP contribution >= 0.6 is 11.3 Å². The van der Waals surface area contributed by atoms with Gasteiger partial charge in [-0.05, 0) is 42.7 Å². The highest BCUT2D eigenvalue weighted by Gasteiger charge is 2.30. The molecule has 33 heavy (non-hydrogen) atoms. The Morgan fingerprint density at radius 1 is 1.24 bits per heavy atom. The molecule has 2 aliphatic heterocycles. The van der Waals surface area contributed by atoms with Gasteiger partial charge in [-0.15, -0.1) is 10.2 Å². The van der Waals surface area contributed by atoms with Crippen LogP contribution in [0.4, 0.5) is 28.8 Å². The smallest absolute Gasteiger partial charge is 0.357 e. The second-order valence-electron chi connectivity index (χ2n) is 7.92. The highest BCUT2D eigenvalue weighted by atomic mass is 32.1. The number of benzene rings is 1. The lowest BCUT2D eigenvalue weighted by atomic mass is 10.0. The van der Waals surface area contributed by atoms with Crippen LogP contribution in [0.15, 0.2) is 47.6 Å². The molecule has 1 unspecified atom stereocenters. The van der Waals surface area contributed by atoms with Crippen molar-refractivity contribution in [1.82, 2.24) is 20.4 Å². The van der Waals surface area contributed by atoms with E-state index in [1.807, 2.05) is 29.3 Å². The first-order chi connectivity index (χ1) is 15.8. The van der Waals surface area contributed by atoms with Gasteiger partial charge in [0.15, 0.2) is 0 Å². The third-order valence-electron chi connectivity index (χ3n) is 5.28. The average molecular weight is 476 g/mol. The second-order valence-corrected chi connectivity index (χ2v) is 8.89. The van der Waals surface area contributed by atoms with Gasteiger partial charge in [0.2, 0.25) is 5.13 Å². The van der Waals surface area contributed by atoms with Crippen molar-refractivity contribution >= 4 is 39.6 Å². The van der Waals surface area contributed by atoms with Gasteiger partial charge < -0.3 is 20.9 Å². The molecule has 2 aromatic rings. The van der Waals surface area contributed by atoms with Gasteiger partial charge in [-0.3, -0.25) is 4.99 Å². The summed E-state index contributed by atoms with van der Waals surface area (Å²) in [5.74, 6) is 0.797. The van der Waals surface area contributed by atoms with Gasteiger partial charge in [-0.2, -0.15) is 13.2 Å². The van der Waals surface area contributed by atoms with Crippen molar-refractivity contribution in [3.05, 3.63) is 53.2 Å². The average Bonchev–Trinajstić information content (AvgIpc) is 3.30. The summed E-state index contributed by atoms with van der Waals surface area (Å²) in [6, 6.07) is 6.52. The SMILES string of the molecule is O=C(NCC(F)(F)F)Nc1cccc(C2CN=C3C=C(c4nnc(NC5CC5)s4)C=CN32)c1. The van der Waals surface area contributed by atoms with E-state index in [-0.39, 0.29) is 6.04 Å². The minimum atomic E-state index is -4.46. The van der Waals surface area contributed by atoms with Crippen molar-refractivity contribution in [3.63, 3.8) is 0 Å². The fourth-order valence-corrected chi connectivity index (χ4v) is 4.35. The molecule has 0 saturated heterocycles. The number of hydrogen-bond acceptors (Lipinski definition) is 7. The summed E-state index contributed by atoms with van der Waals surface area (Å²) in [5.41, 5.74) is 2.22.